The summed E-state index contributed by atoms with van der Waals surface area (Å²) in [5, 5.41) is 0. The maximum absolute atomic E-state index is 12.4. The Morgan fingerprint density at radius 2 is 1.94 bits per heavy atom. The number of hydrogen-bond donors (Lipinski definition) is 0. The Labute approximate surface area is 110 Å². The molecule has 1 heterocycles. The molecule has 3 nitrogen and oxygen atoms in total. The topological polar surface area (TPSA) is 23.6 Å². The fourth-order valence-electron chi connectivity index (χ4n) is 2.60. The summed E-state index contributed by atoms with van der Waals surface area (Å²) in [6.45, 7) is 10.3. The molecule has 1 amide bonds. The lowest BCUT2D eigenvalue weighted by Gasteiger charge is -2.38. The van der Waals surface area contributed by atoms with E-state index < -0.39 is 0 Å². The Morgan fingerprint density at radius 3 is 2.44 bits per heavy atom. The standard InChI is InChI=1S/C15H24N2O/c1-12(2)16-8-10-17(11-9-16)15(18)14-6-4-13(3)5-7-14/h4-6,12,14H,7-11H2,1-3H3. The largest absolute Gasteiger partial charge is 0.340 e. The van der Waals surface area contributed by atoms with Gasteiger partial charge in [-0.15, -0.1) is 0 Å². The van der Waals surface area contributed by atoms with Gasteiger partial charge in [-0.05, 0) is 27.2 Å². The first-order valence-corrected chi connectivity index (χ1v) is 6.95. The summed E-state index contributed by atoms with van der Waals surface area (Å²) < 4.78 is 0. The molecule has 1 saturated heterocycles. The molecule has 0 radical (unpaired) electrons. The highest BCUT2D eigenvalue weighted by atomic mass is 16.2. The Hall–Kier alpha value is -1.09. The number of piperazine rings is 1. The van der Waals surface area contributed by atoms with Crippen molar-refractivity contribution in [2.45, 2.75) is 33.2 Å². The molecule has 1 aliphatic heterocycles. The Balaban J connectivity index is 1.87. The first-order valence-electron chi connectivity index (χ1n) is 6.95. The lowest BCUT2D eigenvalue weighted by molar-refractivity contribution is -0.136. The second-order valence-corrected chi connectivity index (χ2v) is 5.60. The molecule has 1 aliphatic carbocycles. The molecule has 0 N–H and O–H groups in total. The predicted molar refractivity (Wildman–Crippen MR) is 74.3 cm³/mol. The first-order chi connectivity index (χ1) is 8.58. The van der Waals surface area contributed by atoms with Crippen molar-refractivity contribution in [3.05, 3.63) is 23.8 Å². The van der Waals surface area contributed by atoms with Crippen molar-refractivity contribution in [2.75, 3.05) is 26.2 Å². The van der Waals surface area contributed by atoms with Gasteiger partial charge in [-0.2, -0.15) is 0 Å². The van der Waals surface area contributed by atoms with Crippen LogP contribution >= 0.6 is 0 Å². The lowest BCUT2D eigenvalue weighted by atomic mass is 9.96. The van der Waals surface area contributed by atoms with Crippen LogP contribution in [-0.4, -0.2) is 47.9 Å². The minimum Gasteiger partial charge on any atom is -0.340 e. The van der Waals surface area contributed by atoms with Crippen molar-refractivity contribution in [3.8, 4) is 0 Å². The van der Waals surface area contributed by atoms with E-state index in [1.54, 1.807) is 0 Å². The van der Waals surface area contributed by atoms with Crippen molar-refractivity contribution < 1.29 is 4.79 Å². The number of hydrogen-bond acceptors (Lipinski definition) is 2. The van der Waals surface area contributed by atoms with Crippen molar-refractivity contribution in [3.63, 3.8) is 0 Å². The molecule has 3 heteroatoms. The van der Waals surface area contributed by atoms with Gasteiger partial charge >= 0.3 is 0 Å². The zero-order valence-electron chi connectivity index (χ0n) is 11.7. The second-order valence-electron chi connectivity index (χ2n) is 5.60. The molecular formula is C15H24N2O. The van der Waals surface area contributed by atoms with Crippen molar-refractivity contribution in [1.29, 1.82) is 0 Å². The van der Waals surface area contributed by atoms with Crippen LogP contribution in [0.3, 0.4) is 0 Å². The number of carbonyl (C=O) groups is 1. The van der Waals surface area contributed by atoms with E-state index >= 15 is 0 Å². The van der Waals surface area contributed by atoms with Crippen LogP contribution in [0, 0.1) is 5.92 Å². The van der Waals surface area contributed by atoms with E-state index in [1.165, 1.54) is 5.57 Å². The number of nitrogens with zero attached hydrogens (tertiary/aromatic N) is 2. The molecule has 0 aromatic carbocycles. The average molecular weight is 248 g/mol. The molecule has 100 valence electrons. The third-order valence-corrected chi connectivity index (χ3v) is 3.96. The summed E-state index contributed by atoms with van der Waals surface area (Å²) >= 11 is 0. The summed E-state index contributed by atoms with van der Waals surface area (Å²) in [6, 6.07) is 0.586. The summed E-state index contributed by atoms with van der Waals surface area (Å²) in [5.74, 6) is 0.373. The zero-order valence-corrected chi connectivity index (χ0v) is 11.7. The van der Waals surface area contributed by atoms with Gasteiger partial charge in [-0.3, -0.25) is 9.69 Å². The van der Waals surface area contributed by atoms with E-state index in [1.807, 2.05) is 4.90 Å². The highest BCUT2D eigenvalue weighted by Crippen LogP contribution is 2.19. The van der Waals surface area contributed by atoms with Crippen LogP contribution in [0.25, 0.3) is 0 Å². The Kier molecular flexibility index (Phi) is 4.23. The van der Waals surface area contributed by atoms with Crippen LogP contribution in [0.5, 0.6) is 0 Å². The van der Waals surface area contributed by atoms with Crippen LogP contribution in [0.2, 0.25) is 0 Å². The predicted octanol–water partition coefficient (Wildman–Crippen LogP) is 2.06. The smallest absolute Gasteiger partial charge is 0.229 e. The maximum atomic E-state index is 12.4. The van der Waals surface area contributed by atoms with Gasteiger partial charge < -0.3 is 4.90 Å². The van der Waals surface area contributed by atoms with Crippen LogP contribution < -0.4 is 0 Å². The third kappa shape index (κ3) is 3.02. The average Bonchev–Trinajstić information content (AvgIpc) is 2.39. The molecule has 2 aliphatic rings. The number of rotatable bonds is 2. The summed E-state index contributed by atoms with van der Waals surface area (Å²) in [6.07, 6.45) is 7.15. The molecule has 18 heavy (non-hydrogen) atoms. The normalized spacial score (nSPS) is 25.4. The summed E-state index contributed by atoms with van der Waals surface area (Å²) in [4.78, 5) is 16.8. The molecule has 1 fully saturated rings. The number of allylic oxidation sites excluding steroid dienone is 3. The highest BCUT2D eigenvalue weighted by molar-refractivity contribution is 5.81. The highest BCUT2D eigenvalue weighted by Gasteiger charge is 2.26. The second kappa shape index (κ2) is 5.70. The molecule has 2 rings (SSSR count). The van der Waals surface area contributed by atoms with Gasteiger partial charge in [0.1, 0.15) is 0 Å². The number of amides is 1. The van der Waals surface area contributed by atoms with Gasteiger partial charge in [-0.25, -0.2) is 0 Å². The quantitative estimate of drug-likeness (QED) is 0.747. The van der Waals surface area contributed by atoms with Crippen molar-refractivity contribution >= 4 is 5.91 Å². The maximum Gasteiger partial charge on any atom is 0.229 e. The van der Waals surface area contributed by atoms with Gasteiger partial charge in [0.05, 0.1) is 5.92 Å². The van der Waals surface area contributed by atoms with E-state index in [0.717, 1.165) is 32.6 Å². The molecule has 1 atom stereocenters. The third-order valence-electron chi connectivity index (χ3n) is 3.96. The van der Waals surface area contributed by atoms with Gasteiger partial charge in [-0.1, -0.05) is 23.8 Å². The van der Waals surface area contributed by atoms with Crippen LogP contribution in [0.1, 0.15) is 27.2 Å². The molecule has 0 saturated carbocycles. The zero-order chi connectivity index (χ0) is 13.1. The van der Waals surface area contributed by atoms with Gasteiger partial charge in [0, 0.05) is 32.2 Å². The Bertz CT molecular complexity index is 363. The van der Waals surface area contributed by atoms with E-state index in [4.69, 9.17) is 0 Å². The summed E-state index contributed by atoms with van der Waals surface area (Å²) in [7, 11) is 0. The van der Waals surface area contributed by atoms with E-state index in [9.17, 15) is 4.79 Å². The molecule has 0 bridgehead atoms. The van der Waals surface area contributed by atoms with Crippen LogP contribution in [0.15, 0.2) is 23.8 Å². The van der Waals surface area contributed by atoms with E-state index in [0.29, 0.717) is 11.9 Å². The van der Waals surface area contributed by atoms with Gasteiger partial charge in [0.25, 0.3) is 0 Å². The monoisotopic (exact) mass is 248 g/mol. The minimum absolute atomic E-state index is 0.0688. The van der Waals surface area contributed by atoms with E-state index in [-0.39, 0.29) is 5.92 Å². The molecular weight excluding hydrogens is 224 g/mol. The fourth-order valence-corrected chi connectivity index (χ4v) is 2.60. The minimum atomic E-state index is 0.0688. The van der Waals surface area contributed by atoms with Gasteiger partial charge in [0.2, 0.25) is 5.91 Å². The first kappa shape index (κ1) is 13.3. The number of carbonyl (C=O) groups excluding carboxylic acids is 1. The molecule has 0 aromatic rings. The van der Waals surface area contributed by atoms with Crippen molar-refractivity contribution in [2.24, 2.45) is 5.92 Å². The van der Waals surface area contributed by atoms with Crippen molar-refractivity contribution in [1.82, 2.24) is 9.80 Å². The lowest BCUT2D eigenvalue weighted by Crippen LogP contribution is -2.51. The van der Waals surface area contributed by atoms with Gasteiger partial charge in [0.15, 0.2) is 0 Å². The fraction of sp³-hybridized carbons (Fsp3) is 0.667. The molecule has 0 spiro atoms. The molecule has 1 unspecified atom stereocenters. The summed E-state index contributed by atoms with van der Waals surface area (Å²) in [5.41, 5.74) is 1.27. The molecule has 0 aromatic heterocycles. The van der Waals surface area contributed by atoms with Crippen LogP contribution in [-0.2, 0) is 4.79 Å². The SMILES string of the molecule is CC1=CCC(C(=O)N2CCN(C(C)C)CC2)C=C1. The van der Waals surface area contributed by atoms with E-state index in [2.05, 4.69) is 43.9 Å². The Morgan fingerprint density at radius 1 is 1.28 bits per heavy atom. The van der Waals surface area contributed by atoms with Crippen LogP contribution in [0.4, 0.5) is 0 Å².